The highest BCUT2D eigenvalue weighted by Crippen LogP contribution is 2.34. The summed E-state index contributed by atoms with van der Waals surface area (Å²) in [5, 5.41) is 0. The topological polar surface area (TPSA) is 24.7 Å². The lowest BCUT2D eigenvalue weighted by molar-refractivity contribution is 0.319. The predicted octanol–water partition coefficient (Wildman–Crippen LogP) is 9.41. The van der Waals surface area contributed by atoms with Crippen molar-refractivity contribution in [1.82, 2.24) is 0 Å². The van der Waals surface area contributed by atoms with Crippen LogP contribution >= 0.6 is 0 Å². The molecule has 0 saturated carbocycles. The number of allylic oxidation sites excluding steroid dienone is 5. The van der Waals surface area contributed by atoms with Crippen molar-refractivity contribution in [3.8, 4) is 0 Å². The second-order valence-electron chi connectivity index (χ2n) is 11.0. The van der Waals surface area contributed by atoms with Gasteiger partial charge in [-0.1, -0.05) is 113 Å². The molecule has 37 heavy (non-hydrogen) atoms. The van der Waals surface area contributed by atoms with Crippen LogP contribution in [0.4, 0.5) is 0 Å². The van der Waals surface area contributed by atoms with Gasteiger partial charge in [-0.15, -0.1) is 0 Å². The Morgan fingerprint density at radius 3 is 2.11 bits per heavy atom. The molecule has 0 aliphatic heterocycles. The van der Waals surface area contributed by atoms with Crippen molar-refractivity contribution in [2.45, 2.75) is 78.7 Å². The van der Waals surface area contributed by atoms with Gasteiger partial charge in [0.05, 0.1) is 23.2 Å². The van der Waals surface area contributed by atoms with E-state index in [2.05, 4.69) is 101 Å². The fraction of sp³-hybridized carbons (Fsp3) is 0.371. The molecule has 2 aliphatic carbocycles. The fourth-order valence-corrected chi connectivity index (χ4v) is 5.00. The highest BCUT2D eigenvalue weighted by atomic mass is 14.8. The number of nitrogens with zero attached hydrogens (tertiary/aromatic N) is 2. The van der Waals surface area contributed by atoms with E-state index in [1.807, 2.05) is 12.2 Å². The van der Waals surface area contributed by atoms with E-state index < -0.39 is 0 Å². The summed E-state index contributed by atoms with van der Waals surface area (Å²) in [6, 6.07) is 17.5. The molecular formula is C35H42N2. The van der Waals surface area contributed by atoms with Crippen molar-refractivity contribution in [3.63, 3.8) is 0 Å². The van der Waals surface area contributed by atoms with Crippen molar-refractivity contribution in [1.29, 1.82) is 0 Å². The van der Waals surface area contributed by atoms with Gasteiger partial charge in [0, 0.05) is 22.3 Å². The molecule has 2 aliphatic rings. The van der Waals surface area contributed by atoms with Gasteiger partial charge in [-0.05, 0) is 56.1 Å². The zero-order valence-corrected chi connectivity index (χ0v) is 23.1. The summed E-state index contributed by atoms with van der Waals surface area (Å²) in [6.45, 7) is 13.2. The number of hydrogen-bond acceptors (Lipinski definition) is 2. The fourth-order valence-electron chi connectivity index (χ4n) is 5.00. The van der Waals surface area contributed by atoms with E-state index in [0.29, 0.717) is 11.5 Å². The van der Waals surface area contributed by atoms with Gasteiger partial charge in [0.25, 0.3) is 0 Å². The Balaban J connectivity index is 1.68. The van der Waals surface area contributed by atoms with Crippen LogP contribution in [0.2, 0.25) is 0 Å². The minimum absolute atomic E-state index is 0.320. The molecule has 0 radical (unpaired) electrons. The zero-order valence-electron chi connectivity index (χ0n) is 23.1. The van der Waals surface area contributed by atoms with Crippen molar-refractivity contribution >= 4 is 11.4 Å². The van der Waals surface area contributed by atoms with Crippen LogP contribution in [0, 0.1) is 5.41 Å². The highest BCUT2D eigenvalue weighted by molar-refractivity contribution is 6.31. The first-order chi connectivity index (χ1) is 18.0. The molecule has 2 heteroatoms. The lowest BCUT2D eigenvalue weighted by Gasteiger charge is -2.27. The number of hydrogen-bond donors (Lipinski definition) is 0. The van der Waals surface area contributed by atoms with Crippen LogP contribution in [0.15, 0.2) is 107 Å². The molecule has 0 saturated heterocycles. The second-order valence-corrected chi connectivity index (χ2v) is 11.0. The average molecular weight is 491 g/mol. The van der Waals surface area contributed by atoms with Crippen molar-refractivity contribution in [2.24, 2.45) is 15.4 Å². The van der Waals surface area contributed by atoms with E-state index in [0.717, 1.165) is 53.9 Å². The van der Waals surface area contributed by atoms with Gasteiger partial charge in [0.1, 0.15) is 0 Å². The van der Waals surface area contributed by atoms with Crippen molar-refractivity contribution in [3.05, 3.63) is 119 Å². The summed E-state index contributed by atoms with van der Waals surface area (Å²) in [4.78, 5) is 10.5. The molecule has 2 aromatic rings. The van der Waals surface area contributed by atoms with E-state index in [9.17, 15) is 0 Å². The van der Waals surface area contributed by atoms with Crippen LogP contribution in [0.25, 0.3) is 0 Å². The zero-order chi connectivity index (χ0) is 26.3. The standard InChI is InChI=1S/C35H42N2/c1-6-9-10-15-27(7-2)36-33-29-16-11-13-18-31(29)34(32-19-14-12-17-30(32)33)37-28-22-20-26(21-23-28)24-25-35(4,5)8-3/h7,9-20,28H,2,6,8,21-25H2,1,3-5H3/b10-9+,27-15+,36-33?,37-34?. The van der Waals surface area contributed by atoms with Crippen molar-refractivity contribution < 1.29 is 0 Å². The van der Waals surface area contributed by atoms with E-state index >= 15 is 0 Å². The maximum atomic E-state index is 5.40. The molecule has 1 unspecified atom stereocenters. The minimum atomic E-state index is 0.320. The Labute approximate surface area is 224 Å². The van der Waals surface area contributed by atoms with Gasteiger partial charge >= 0.3 is 0 Å². The number of benzene rings is 2. The number of aliphatic imine (C=N–C) groups is 2. The molecule has 0 N–H and O–H groups in total. The quantitative estimate of drug-likeness (QED) is 0.211. The maximum Gasteiger partial charge on any atom is 0.0795 e. The summed E-state index contributed by atoms with van der Waals surface area (Å²) in [5.74, 6) is 0. The monoisotopic (exact) mass is 490 g/mol. The lowest BCUT2D eigenvalue weighted by Crippen LogP contribution is -2.24. The number of rotatable bonds is 9. The molecule has 2 aromatic carbocycles. The third kappa shape index (κ3) is 6.55. The largest absolute Gasteiger partial charge is 0.280 e. The van der Waals surface area contributed by atoms with Crippen LogP contribution < -0.4 is 0 Å². The van der Waals surface area contributed by atoms with E-state index in [1.54, 1.807) is 5.57 Å². The Bertz CT molecular complexity index is 1210. The van der Waals surface area contributed by atoms with Gasteiger partial charge in [0.15, 0.2) is 0 Å². The third-order valence-electron chi connectivity index (χ3n) is 7.83. The Kier molecular flexibility index (Phi) is 8.92. The first-order valence-electron chi connectivity index (χ1n) is 14.0. The van der Waals surface area contributed by atoms with E-state index in [4.69, 9.17) is 9.98 Å². The summed E-state index contributed by atoms with van der Waals surface area (Å²) in [5.41, 5.74) is 9.64. The smallest absolute Gasteiger partial charge is 0.0795 e. The van der Waals surface area contributed by atoms with E-state index in [1.165, 1.54) is 30.4 Å². The second kappa shape index (κ2) is 12.3. The Morgan fingerprint density at radius 2 is 1.59 bits per heavy atom. The Hall–Kier alpha value is -3.26. The average Bonchev–Trinajstić information content (AvgIpc) is 2.93. The molecule has 0 aromatic heterocycles. The predicted molar refractivity (Wildman–Crippen MR) is 161 cm³/mol. The maximum absolute atomic E-state index is 5.40. The number of fused-ring (bicyclic) bond motifs is 2. The van der Waals surface area contributed by atoms with Gasteiger partial charge in [-0.2, -0.15) is 0 Å². The molecule has 0 heterocycles. The molecule has 1 atom stereocenters. The third-order valence-corrected chi connectivity index (χ3v) is 7.83. The summed E-state index contributed by atoms with van der Waals surface area (Å²) in [6.07, 6.45) is 18.6. The lowest BCUT2D eigenvalue weighted by atomic mass is 9.81. The van der Waals surface area contributed by atoms with Gasteiger partial charge in [0.2, 0.25) is 0 Å². The van der Waals surface area contributed by atoms with Crippen LogP contribution in [-0.4, -0.2) is 17.5 Å². The minimum Gasteiger partial charge on any atom is -0.280 e. The van der Waals surface area contributed by atoms with Crippen LogP contribution in [0.3, 0.4) is 0 Å². The van der Waals surface area contributed by atoms with Crippen molar-refractivity contribution in [2.75, 3.05) is 0 Å². The summed E-state index contributed by atoms with van der Waals surface area (Å²) in [7, 11) is 0. The molecular weight excluding hydrogens is 448 g/mol. The molecule has 192 valence electrons. The van der Waals surface area contributed by atoms with E-state index in [-0.39, 0.29) is 0 Å². The van der Waals surface area contributed by atoms with Crippen LogP contribution in [0.1, 0.15) is 94.9 Å². The SMILES string of the molecule is C=C/C(=C\C=C\CC)N=C1c2ccccc2C(=NC2CC=C(CCC(C)(C)CC)CC2)c2ccccc21. The molecule has 0 bridgehead atoms. The highest BCUT2D eigenvalue weighted by Gasteiger charge is 2.27. The normalized spacial score (nSPS) is 17.8. The van der Waals surface area contributed by atoms with Gasteiger partial charge < -0.3 is 0 Å². The molecule has 0 fully saturated rings. The first kappa shape index (κ1) is 26.8. The summed E-state index contributed by atoms with van der Waals surface area (Å²) >= 11 is 0. The molecule has 0 amide bonds. The van der Waals surface area contributed by atoms with Crippen LogP contribution in [-0.2, 0) is 0 Å². The summed E-state index contributed by atoms with van der Waals surface area (Å²) < 4.78 is 0. The van der Waals surface area contributed by atoms with Crippen LogP contribution in [0.5, 0.6) is 0 Å². The molecule has 2 nitrogen and oxygen atoms in total. The first-order valence-corrected chi connectivity index (χ1v) is 14.0. The molecule has 4 rings (SSSR count). The Morgan fingerprint density at radius 1 is 0.973 bits per heavy atom. The van der Waals surface area contributed by atoms with Gasteiger partial charge in [-0.3, -0.25) is 4.99 Å². The van der Waals surface area contributed by atoms with Gasteiger partial charge in [-0.25, -0.2) is 4.99 Å². The molecule has 0 spiro atoms.